The molecule has 4 nitrogen and oxygen atoms in total. The molecule has 0 bridgehead atoms. The van der Waals surface area contributed by atoms with Crippen molar-refractivity contribution in [3.05, 3.63) is 205 Å². The van der Waals surface area contributed by atoms with Crippen LogP contribution in [0, 0.1) is 0 Å². The van der Waals surface area contributed by atoms with E-state index in [-0.39, 0.29) is 111 Å². The van der Waals surface area contributed by atoms with Crippen LogP contribution in [0.25, 0.3) is 76.2 Å². The number of anilines is 6. The zero-order valence-corrected chi connectivity index (χ0v) is 37.6. The van der Waals surface area contributed by atoms with E-state index < -0.39 is 156 Å². The normalized spacial score (nSPS) is 20.1. The number of hydrogen-bond acceptors (Lipinski definition) is 2. The van der Waals surface area contributed by atoms with Gasteiger partial charge in [0, 0.05) is 65.8 Å². The van der Waals surface area contributed by atoms with Gasteiger partial charge in [-0.05, 0) is 133 Å². The van der Waals surface area contributed by atoms with E-state index in [1.165, 1.54) is 18.6 Å². The third-order valence-electron chi connectivity index (χ3n) is 15.0. The maximum atomic E-state index is 10.6. The van der Waals surface area contributed by atoms with Crippen molar-refractivity contribution in [2.45, 2.75) is 76.0 Å². The van der Waals surface area contributed by atoms with Crippen LogP contribution in [0.5, 0.6) is 0 Å². The molecule has 0 N–H and O–H groups in total. The number of benzene rings is 9. The van der Waals surface area contributed by atoms with Crippen LogP contribution in [0.2, 0.25) is 0 Å². The summed E-state index contributed by atoms with van der Waals surface area (Å²) in [5, 5.41) is -1.88. The fourth-order valence-corrected chi connectivity index (χ4v) is 11.8. The molecule has 4 heterocycles. The SMILES string of the molecule is [2H]c1c([2H])c([2H])c(N(c2ccc(C3CCCCC3)cc2)c2c([2H])c([2H])c3c4c([2H])c5c(c([2H])c4n4c6c([2H])c([2H])c([2H])c([2H])c6c2c34)c2c([2H])c([2H])c(N(c3ccc(C4CCCCC4)cc3)c3c([2H])c([2H])c([2H])c([2H])c3[2H])c3c4c([2H])c([2H])c([2H])c([2H])c4n5c23)c([2H])c1[2H]. The van der Waals surface area contributed by atoms with Gasteiger partial charge in [-0.2, -0.15) is 0 Å². The van der Waals surface area contributed by atoms with Crippen LogP contribution >= 0.6 is 0 Å². The Kier molecular flexibility index (Phi) is 5.26. The average Bonchev–Trinajstić information content (AvgIpc) is 1.48. The molecule has 4 heteroatoms. The zero-order valence-electron chi connectivity index (χ0n) is 61.6. The van der Waals surface area contributed by atoms with Crippen molar-refractivity contribution in [1.82, 2.24) is 8.80 Å². The summed E-state index contributed by atoms with van der Waals surface area (Å²) in [5.41, 5.74) is -0.793. The first-order chi connectivity index (χ1) is 44.8. The van der Waals surface area contributed by atoms with Crippen molar-refractivity contribution in [1.29, 1.82) is 0 Å². The van der Waals surface area contributed by atoms with Gasteiger partial charge in [0.1, 0.15) is 0 Å². The lowest BCUT2D eigenvalue weighted by molar-refractivity contribution is 0.443. The third kappa shape index (κ3) is 5.95. The lowest BCUT2D eigenvalue weighted by Gasteiger charge is -2.28. The van der Waals surface area contributed by atoms with Crippen LogP contribution in [-0.4, -0.2) is 8.80 Å². The Morgan fingerprint density at radius 2 is 0.729 bits per heavy atom. The van der Waals surface area contributed by atoms with Crippen molar-refractivity contribution < 1.29 is 32.9 Å². The van der Waals surface area contributed by atoms with E-state index in [2.05, 4.69) is 0 Å². The van der Waals surface area contributed by atoms with Gasteiger partial charge in [-0.1, -0.05) is 147 Å². The molecule has 13 aromatic rings. The number of nitrogens with zero attached hydrogens (tertiary/aromatic N) is 4. The van der Waals surface area contributed by atoms with Gasteiger partial charge in [0.15, 0.2) is 0 Å². The van der Waals surface area contributed by atoms with Gasteiger partial charge in [-0.15, -0.1) is 0 Å². The first-order valence-electron chi connectivity index (χ1n) is 36.0. The second kappa shape index (κ2) is 15.9. The van der Waals surface area contributed by atoms with Gasteiger partial charge in [-0.3, -0.25) is 0 Å². The molecule has 70 heavy (non-hydrogen) atoms. The summed E-state index contributed by atoms with van der Waals surface area (Å²) in [6.45, 7) is 0. The molecule has 0 saturated heterocycles. The third-order valence-corrected chi connectivity index (χ3v) is 15.0. The molecule has 0 aliphatic heterocycles. The van der Waals surface area contributed by atoms with Gasteiger partial charge >= 0.3 is 0 Å². The van der Waals surface area contributed by atoms with Crippen LogP contribution in [0.15, 0.2) is 194 Å². The molecule has 0 unspecified atom stereocenters. The Hall–Kier alpha value is -7.82. The summed E-state index contributed by atoms with van der Waals surface area (Å²) in [6.07, 6.45) is 9.87. The number of hydrogen-bond donors (Lipinski definition) is 0. The molecule has 4 aromatic heterocycles. The zero-order chi connectivity index (χ0) is 66.8. The maximum Gasteiger partial charge on any atom is 0.0653 e. The summed E-state index contributed by atoms with van der Waals surface area (Å²) in [4.78, 5) is 2.46. The second-order valence-electron chi connectivity index (χ2n) is 18.7. The number of rotatable bonds is 8. The lowest BCUT2D eigenvalue weighted by atomic mass is 9.84. The van der Waals surface area contributed by atoms with Crippen LogP contribution in [0.4, 0.5) is 34.1 Å². The highest BCUT2D eigenvalue weighted by atomic mass is 15.2. The van der Waals surface area contributed by atoms with E-state index in [4.69, 9.17) is 13.7 Å². The minimum atomic E-state index is -0.739. The number of fused-ring (bicyclic) bond motifs is 12. The molecule has 0 atom stereocenters. The molecule has 9 aromatic carbocycles. The van der Waals surface area contributed by atoms with E-state index in [1.807, 2.05) is 24.3 Å². The minimum absolute atomic E-state index is 0.133. The predicted octanol–water partition coefficient (Wildman–Crippen LogP) is 19.0. The average molecular weight is 927 g/mol. The number of aromatic nitrogens is 2. The molecule has 2 saturated carbocycles. The highest BCUT2D eigenvalue weighted by Gasteiger charge is 2.28. The van der Waals surface area contributed by atoms with Gasteiger partial charge in [-0.25, -0.2) is 0 Å². The molecular weight excluding hydrogens is 849 g/mol. The van der Waals surface area contributed by atoms with Crippen molar-refractivity contribution in [3.8, 4) is 0 Å². The summed E-state index contributed by atoms with van der Waals surface area (Å²) in [5.74, 6) is 0.380. The second-order valence-corrected chi connectivity index (χ2v) is 18.7. The Bertz CT molecular complexity index is 5120. The summed E-state index contributed by atoms with van der Waals surface area (Å²) < 4.78 is 231. The monoisotopic (exact) mass is 927 g/mol. The van der Waals surface area contributed by atoms with Gasteiger partial charge in [0.05, 0.1) is 77.4 Å². The van der Waals surface area contributed by atoms with E-state index in [0.29, 0.717) is 0 Å². The Morgan fingerprint density at radius 1 is 0.343 bits per heavy atom. The van der Waals surface area contributed by atoms with E-state index in [0.717, 1.165) is 75.3 Å². The Balaban J connectivity index is 1.13. The highest BCUT2D eigenvalue weighted by molar-refractivity contribution is 6.32. The standard InChI is InChI=1S/C66H54N4/c1-5-17-43(18-6-1)45-29-33-49(34-30-45)67(47-21-9-3-10-22-47)59-39-37-51-55-41-62-56(42-61(55)69-57-27-15-13-25-53(57)63(59)65(51)69)52-38-40-60(64-54-26-14-16-28-58(54)70(62)66(52)64)68(48-23-11-4-12-24-48)50-35-31-46(32-36-50)44-19-7-2-8-20-44/h3-4,9-16,21-44H,1-2,5-8,17-20H2/i3D,4D,9D,10D,11D,12D,13D,14D,15D,16D,21D,22D,23D,24D,25D,26D,27D,28D,37D,38D,39D,40D,41D,42D. The van der Waals surface area contributed by atoms with Crippen LogP contribution < -0.4 is 9.80 Å². The molecular formula is C66H54N4. The molecule has 15 rings (SSSR count). The fourth-order valence-electron chi connectivity index (χ4n) is 11.8. The first kappa shape index (κ1) is 23.2. The largest absolute Gasteiger partial charge is 0.310 e. The summed E-state index contributed by atoms with van der Waals surface area (Å²) in [7, 11) is 0. The van der Waals surface area contributed by atoms with E-state index in [9.17, 15) is 19.2 Å². The summed E-state index contributed by atoms with van der Waals surface area (Å²) >= 11 is 0. The minimum Gasteiger partial charge on any atom is -0.310 e. The van der Waals surface area contributed by atoms with E-state index in [1.54, 1.807) is 24.3 Å². The Morgan fingerprint density at radius 3 is 1.14 bits per heavy atom. The van der Waals surface area contributed by atoms with Crippen molar-refractivity contribution in [3.63, 3.8) is 0 Å². The van der Waals surface area contributed by atoms with Crippen LogP contribution in [-0.2, 0) is 0 Å². The molecule has 2 aliphatic carbocycles. The molecule has 0 spiro atoms. The van der Waals surface area contributed by atoms with Gasteiger partial charge in [0.2, 0.25) is 0 Å². The molecule has 0 amide bonds. The maximum absolute atomic E-state index is 10.6. The molecule has 338 valence electrons. The fraction of sp³-hybridized carbons (Fsp3) is 0.182. The van der Waals surface area contributed by atoms with Crippen LogP contribution in [0.1, 0.15) is 120 Å². The lowest BCUT2D eigenvalue weighted by Crippen LogP contribution is -2.11. The van der Waals surface area contributed by atoms with Gasteiger partial charge in [0.25, 0.3) is 0 Å². The van der Waals surface area contributed by atoms with Crippen molar-refractivity contribution in [2.75, 3.05) is 9.80 Å². The van der Waals surface area contributed by atoms with Crippen molar-refractivity contribution in [2.24, 2.45) is 0 Å². The first-order valence-corrected chi connectivity index (χ1v) is 24.0. The highest BCUT2D eigenvalue weighted by Crippen LogP contribution is 2.51. The van der Waals surface area contributed by atoms with Gasteiger partial charge < -0.3 is 18.6 Å². The summed E-state index contributed by atoms with van der Waals surface area (Å²) in [6, 6.07) is -2.54. The molecule has 0 radical (unpaired) electrons. The van der Waals surface area contributed by atoms with Crippen molar-refractivity contribution >= 4 is 110 Å². The molecule has 2 aliphatic rings. The topological polar surface area (TPSA) is 15.3 Å². The molecule has 2 fully saturated rings. The number of para-hydroxylation sites is 4. The predicted molar refractivity (Wildman–Crippen MR) is 297 cm³/mol. The Labute approximate surface area is 442 Å². The smallest absolute Gasteiger partial charge is 0.0653 e. The van der Waals surface area contributed by atoms with Crippen LogP contribution in [0.3, 0.4) is 0 Å². The quantitative estimate of drug-likeness (QED) is 0.151. The van der Waals surface area contributed by atoms with E-state index >= 15 is 0 Å².